The SMILES string of the molecule is CC(C)COC[C@@H]1C[C@H](C[C@H]2SC(N)=NC2=O)C(=O)O1. The van der Waals surface area contributed by atoms with Crippen molar-refractivity contribution < 1.29 is 19.1 Å². The number of amidine groups is 1. The van der Waals surface area contributed by atoms with Gasteiger partial charge in [0.25, 0.3) is 5.91 Å². The van der Waals surface area contributed by atoms with E-state index in [1.54, 1.807) is 0 Å². The van der Waals surface area contributed by atoms with E-state index in [-0.39, 0.29) is 34.3 Å². The molecule has 0 bridgehead atoms. The molecule has 6 nitrogen and oxygen atoms in total. The zero-order chi connectivity index (χ0) is 14.7. The number of cyclic esters (lactones) is 1. The number of hydrogen-bond acceptors (Lipinski definition) is 6. The van der Waals surface area contributed by atoms with Gasteiger partial charge in [-0.05, 0) is 18.8 Å². The van der Waals surface area contributed by atoms with Gasteiger partial charge in [0, 0.05) is 6.61 Å². The average molecular weight is 300 g/mol. The summed E-state index contributed by atoms with van der Waals surface area (Å²) in [6.45, 7) is 5.21. The molecule has 2 heterocycles. The normalized spacial score (nSPS) is 29.9. The molecule has 2 rings (SSSR count). The van der Waals surface area contributed by atoms with Gasteiger partial charge in [0.05, 0.1) is 17.8 Å². The summed E-state index contributed by atoms with van der Waals surface area (Å²) in [4.78, 5) is 27.0. The molecule has 1 saturated heterocycles. The van der Waals surface area contributed by atoms with Gasteiger partial charge in [0.1, 0.15) is 6.10 Å². The van der Waals surface area contributed by atoms with Crippen LogP contribution in [0.4, 0.5) is 0 Å². The highest BCUT2D eigenvalue weighted by molar-refractivity contribution is 8.15. The van der Waals surface area contributed by atoms with Crippen LogP contribution >= 0.6 is 11.8 Å². The Labute approximate surface area is 122 Å². The van der Waals surface area contributed by atoms with Crippen molar-refractivity contribution >= 4 is 28.8 Å². The molecule has 0 saturated carbocycles. The molecule has 1 amide bonds. The van der Waals surface area contributed by atoms with Crippen molar-refractivity contribution in [2.75, 3.05) is 13.2 Å². The second-order valence-electron chi connectivity index (χ2n) is 5.55. The van der Waals surface area contributed by atoms with Gasteiger partial charge < -0.3 is 15.2 Å². The van der Waals surface area contributed by atoms with Crippen LogP contribution in [0.1, 0.15) is 26.7 Å². The van der Waals surface area contributed by atoms with Crippen molar-refractivity contribution in [3.05, 3.63) is 0 Å². The highest BCUT2D eigenvalue weighted by atomic mass is 32.2. The van der Waals surface area contributed by atoms with E-state index in [1.807, 2.05) is 0 Å². The van der Waals surface area contributed by atoms with E-state index in [4.69, 9.17) is 15.2 Å². The number of esters is 1. The van der Waals surface area contributed by atoms with Crippen molar-refractivity contribution in [1.29, 1.82) is 0 Å². The predicted octanol–water partition coefficient (Wildman–Crippen LogP) is 0.937. The number of nitrogens with zero attached hydrogens (tertiary/aromatic N) is 1. The van der Waals surface area contributed by atoms with E-state index in [0.717, 1.165) is 0 Å². The molecule has 2 aliphatic rings. The van der Waals surface area contributed by atoms with Gasteiger partial charge in [-0.3, -0.25) is 9.59 Å². The zero-order valence-electron chi connectivity index (χ0n) is 11.7. The van der Waals surface area contributed by atoms with Gasteiger partial charge in [-0.1, -0.05) is 25.6 Å². The van der Waals surface area contributed by atoms with E-state index >= 15 is 0 Å². The molecule has 0 aromatic carbocycles. The smallest absolute Gasteiger partial charge is 0.309 e. The molecule has 112 valence electrons. The fourth-order valence-electron chi connectivity index (χ4n) is 2.26. The van der Waals surface area contributed by atoms with Crippen LogP contribution in [0.3, 0.4) is 0 Å². The maximum absolute atomic E-state index is 11.8. The molecule has 0 aliphatic carbocycles. The van der Waals surface area contributed by atoms with Gasteiger partial charge in [-0.25, -0.2) is 0 Å². The zero-order valence-corrected chi connectivity index (χ0v) is 12.5. The van der Waals surface area contributed by atoms with Gasteiger partial charge in [-0.2, -0.15) is 4.99 Å². The molecule has 0 aromatic heterocycles. The van der Waals surface area contributed by atoms with Crippen LogP contribution in [-0.2, 0) is 19.1 Å². The van der Waals surface area contributed by atoms with Crippen LogP contribution in [0.25, 0.3) is 0 Å². The molecule has 20 heavy (non-hydrogen) atoms. The summed E-state index contributed by atoms with van der Waals surface area (Å²) < 4.78 is 10.8. The summed E-state index contributed by atoms with van der Waals surface area (Å²) in [6.07, 6.45) is 0.833. The number of amides is 1. The first-order valence-corrected chi connectivity index (χ1v) is 7.66. The van der Waals surface area contributed by atoms with Gasteiger partial charge >= 0.3 is 5.97 Å². The first kappa shape index (κ1) is 15.3. The fourth-order valence-corrected chi connectivity index (χ4v) is 3.18. The van der Waals surface area contributed by atoms with E-state index < -0.39 is 0 Å². The number of nitrogens with two attached hydrogens (primary N) is 1. The molecule has 0 radical (unpaired) electrons. The minimum Gasteiger partial charge on any atom is -0.460 e. The van der Waals surface area contributed by atoms with E-state index in [1.165, 1.54) is 11.8 Å². The Kier molecular flexibility index (Phi) is 5.04. The number of carbonyl (C=O) groups excluding carboxylic acids is 2. The van der Waals surface area contributed by atoms with Crippen LogP contribution < -0.4 is 5.73 Å². The Morgan fingerprint density at radius 1 is 1.50 bits per heavy atom. The Bertz CT molecular complexity index is 425. The molecular formula is C13H20N2O4S. The van der Waals surface area contributed by atoms with Gasteiger partial charge in [-0.15, -0.1) is 0 Å². The first-order chi connectivity index (χ1) is 9.45. The minimum atomic E-state index is -0.345. The van der Waals surface area contributed by atoms with E-state index in [2.05, 4.69) is 18.8 Å². The van der Waals surface area contributed by atoms with Crippen molar-refractivity contribution in [3.8, 4) is 0 Å². The lowest BCUT2D eigenvalue weighted by Gasteiger charge is -2.11. The number of rotatable bonds is 6. The molecule has 3 atom stereocenters. The summed E-state index contributed by atoms with van der Waals surface area (Å²) >= 11 is 1.22. The fraction of sp³-hybridized carbons (Fsp3) is 0.769. The van der Waals surface area contributed by atoms with E-state index in [9.17, 15) is 9.59 Å². The number of hydrogen-bond donors (Lipinski definition) is 1. The monoisotopic (exact) mass is 300 g/mol. The number of aliphatic imine (C=N–C) groups is 1. The van der Waals surface area contributed by atoms with Crippen LogP contribution in [-0.4, -0.2) is 41.6 Å². The summed E-state index contributed by atoms with van der Waals surface area (Å²) in [6, 6.07) is 0. The number of ether oxygens (including phenoxy) is 2. The Morgan fingerprint density at radius 3 is 2.85 bits per heavy atom. The predicted molar refractivity (Wildman–Crippen MR) is 76.3 cm³/mol. The summed E-state index contributed by atoms with van der Waals surface area (Å²) in [7, 11) is 0. The standard InChI is InChI=1S/C13H20N2O4S/c1-7(2)5-18-6-9-3-8(12(17)19-9)4-10-11(16)15-13(14)20-10/h7-10H,3-6H2,1-2H3,(H2,14,15,16)/t8-,9+,10-/m1/s1. The molecule has 7 heteroatoms. The Balaban J connectivity index is 1.77. The summed E-state index contributed by atoms with van der Waals surface area (Å²) in [5, 5.41) is -0.0638. The maximum atomic E-state index is 11.8. The lowest BCUT2D eigenvalue weighted by molar-refractivity contribution is -0.146. The third-order valence-electron chi connectivity index (χ3n) is 3.18. The lowest BCUT2D eigenvalue weighted by atomic mass is 9.99. The highest BCUT2D eigenvalue weighted by Gasteiger charge is 2.39. The molecule has 1 fully saturated rings. The first-order valence-electron chi connectivity index (χ1n) is 6.78. The number of carbonyl (C=O) groups is 2. The number of thioether (sulfide) groups is 1. The molecule has 0 aromatic rings. The molecular weight excluding hydrogens is 280 g/mol. The molecule has 2 N–H and O–H groups in total. The highest BCUT2D eigenvalue weighted by Crippen LogP contribution is 2.32. The molecule has 2 aliphatic heterocycles. The second-order valence-corrected chi connectivity index (χ2v) is 6.78. The van der Waals surface area contributed by atoms with Crippen LogP contribution in [0.2, 0.25) is 0 Å². The third kappa shape index (κ3) is 3.96. The topological polar surface area (TPSA) is 91.0 Å². The minimum absolute atomic E-state index is 0.203. The van der Waals surface area contributed by atoms with Crippen molar-refractivity contribution in [2.24, 2.45) is 22.6 Å². The van der Waals surface area contributed by atoms with Gasteiger partial charge in [0.15, 0.2) is 5.17 Å². The Hall–Kier alpha value is -1.08. The molecule has 0 spiro atoms. The lowest BCUT2D eigenvalue weighted by Crippen LogP contribution is -2.19. The van der Waals surface area contributed by atoms with Gasteiger partial charge in [0.2, 0.25) is 0 Å². The maximum Gasteiger partial charge on any atom is 0.309 e. The third-order valence-corrected chi connectivity index (χ3v) is 4.19. The van der Waals surface area contributed by atoms with Crippen molar-refractivity contribution in [3.63, 3.8) is 0 Å². The van der Waals surface area contributed by atoms with Crippen LogP contribution in [0.15, 0.2) is 4.99 Å². The van der Waals surface area contributed by atoms with Crippen molar-refractivity contribution in [2.45, 2.75) is 38.0 Å². The van der Waals surface area contributed by atoms with Crippen LogP contribution in [0.5, 0.6) is 0 Å². The van der Waals surface area contributed by atoms with Crippen LogP contribution in [0, 0.1) is 11.8 Å². The van der Waals surface area contributed by atoms with E-state index in [0.29, 0.717) is 32.0 Å². The molecule has 0 unspecified atom stereocenters. The Morgan fingerprint density at radius 2 is 2.25 bits per heavy atom. The summed E-state index contributed by atoms with van der Waals surface area (Å²) in [5.41, 5.74) is 5.50. The summed E-state index contributed by atoms with van der Waals surface area (Å²) in [5.74, 6) is -0.303. The average Bonchev–Trinajstić information content (AvgIpc) is 2.83. The largest absolute Gasteiger partial charge is 0.460 e. The van der Waals surface area contributed by atoms with Crippen molar-refractivity contribution in [1.82, 2.24) is 0 Å². The second kappa shape index (κ2) is 6.58. The quantitative estimate of drug-likeness (QED) is 0.734.